The second-order valence-corrected chi connectivity index (χ2v) is 4.80. The quantitative estimate of drug-likeness (QED) is 0.823. The zero-order valence-electron chi connectivity index (χ0n) is 8.66. The maximum atomic E-state index is 5.93. The minimum Gasteiger partial charge on any atom is -0.383 e. The summed E-state index contributed by atoms with van der Waals surface area (Å²) in [5, 5.41) is 4.25. The average molecular weight is 313 g/mol. The molecule has 4 heteroatoms. The van der Waals surface area contributed by atoms with Crippen LogP contribution in [0.5, 0.6) is 0 Å². The van der Waals surface area contributed by atoms with E-state index in [1.807, 2.05) is 0 Å². The Bertz CT molecular complexity index is 482. The van der Waals surface area contributed by atoms with E-state index in [2.05, 4.69) is 59.7 Å². The van der Waals surface area contributed by atoms with Gasteiger partial charge in [0.05, 0.1) is 15.5 Å². The van der Waals surface area contributed by atoms with Gasteiger partial charge < -0.3 is 5.73 Å². The van der Waals surface area contributed by atoms with Crippen molar-refractivity contribution in [2.75, 3.05) is 5.73 Å². The van der Waals surface area contributed by atoms with Crippen molar-refractivity contribution in [1.29, 1.82) is 0 Å². The van der Waals surface area contributed by atoms with Gasteiger partial charge in [0.2, 0.25) is 0 Å². The molecule has 0 saturated heterocycles. The van der Waals surface area contributed by atoms with Crippen molar-refractivity contribution in [3.63, 3.8) is 0 Å². The van der Waals surface area contributed by atoms with Crippen LogP contribution in [0.15, 0.2) is 24.4 Å². The molecule has 1 aromatic heterocycles. The third-order valence-electron chi connectivity index (χ3n) is 2.21. The van der Waals surface area contributed by atoms with Gasteiger partial charge in [0.1, 0.15) is 5.82 Å². The molecule has 78 valence electrons. The molecule has 0 radical (unpaired) electrons. The van der Waals surface area contributed by atoms with Crippen molar-refractivity contribution in [3.8, 4) is 5.69 Å². The fraction of sp³-hybridized carbons (Fsp3) is 0.182. The predicted octanol–water partition coefficient (Wildman–Crippen LogP) is 2.68. The number of aryl methyl sites for hydroxylation is 2. The Kier molecular flexibility index (Phi) is 2.68. The highest BCUT2D eigenvalue weighted by Gasteiger charge is 2.06. The molecule has 1 heterocycles. The van der Waals surface area contributed by atoms with Crippen LogP contribution in [0.2, 0.25) is 0 Å². The molecular formula is C11H12IN3. The summed E-state index contributed by atoms with van der Waals surface area (Å²) >= 11 is 2.18. The molecule has 2 aromatic rings. The molecular weight excluding hydrogens is 301 g/mol. The van der Waals surface area contributed by atoms with Gasteiger partial charge in [0.15, 0.2) is 0 Å². The van der Waals surface area contributed by atoms with E-state index in [1.54, 1.807) is 10.9 Å². The van der Waals surface area contributed by atoms with Gasteiger partial charge in [0.25, 0.3) is 0 Å². The second-order valence-electron chi connectivity index (χ2n) is 3.64. The lowest BCUT2D eigenvalue weighted by Gasteiger charge is -2.06. The Balaban J connectivity index is 2.58. The summed E-state index contributed by atoms with van der Waals surface area (Å²) < 4.78 is 2.74. The van der Waals surface area contributed by atoms with E-state index in [9.17, 15) is 0 Å². The SMILES string of the molecule is Cc1cc(C)cc(-n2ncc(I)c2N)c1. The van der Waals surface area contributed by atoms with Gasteiger partial charge in [-0.2, -0.15) is 5.10 Å². The molecule has 0 saturated carbocycles. The molecule has 3 nitrogen and oxygen atoms in total. The van der Waals surface area contributed by atoms with Crippen LogP contribution in [0.3, 0.4) is 0 Å². The van der Waals surface area contributed by atoms with E-state index in [0.29, 0.717) is 5.82 Å². The third-order valence-corrected chi connectivity index (χ3v) is 3.04. The van der Waals surface area contributed by atoms with Crippen LogP contribution in [0, 0.1) is 17.4 Å². The van der Waals surface area contributed by atoms with Gasteiger partial charge in [-0.3, -0.25) is 0 Å². The van der Waals surface area contributed by atoms with Crippen LogP contribution in [0.1, 0.15) is 11.1 Å². The molecule has 15 heavy (non-hydrogen) atoms. The Hall–Kier alpha value is -1.04. The molecule has 0 fully saturated rings. The number of nitrogen functional groups attached to an aromatic ring is 1. The molecule has 0 amide bonds. The molecule has 0 atom stereocenters. The minimum atomic E-state index is 0.695. The molecule has 1 aromatic carbocycles. The molecule has 0 aliphatic heterocycles. The number of nitrogens with zero attached hydrogens (tertiary/aromatic N) is 2. The summed E-state index contributed by atoms with van der Waals surface area (Å²) in [6.07, 6.45) is 1.77. The Morgan fingerprint density at radius 3 is 2.27 bits per heavy atom. The zero-order valence-corrected chi connectivity index (χ0v) is 10.8. The first kappa shape index (κ1) is 10.5. The van der Waals surface area contributed by atoms with Gasteiger partial charge in [-0.1, -0.05) is 6.07 Å². The Morgan fingerprint density at radius 2 is 1.80 bits per heavy atom. The highest BCUT2D eigenvalue weighted by atomic mass is 127. The largest absolute Gasteiger partial charge is 0.383 e. The van der Waals surface area contributed by atoms with Crippen molar-refractivity contribution in [3.05, 3.63) is 39.1 Å². The van der Waals surface area contributed by atoms with Crippen LogP contribution < -0.4 is 5.73 Å². The van der Waals surface area contributed by atoms with Gasteiger partial charge in [-0.05, 0) is 59.7 Å². The maximum Gasteiger partial charge on any atom is 0.140 e. The lowest BCUT2D eigenvalue weighted by atomic mass is 10.1. The molecule has 0 bridgehead atoms. The molecule has 0 aliphatic carbocycles. The molecule has 0 unspecified atom stereocenters. The monoisotopic (exact) mass is 313 g/mol. The van der Waals surface area contributed by atoms with Crippen LogP contribution in [0.25, 0.3) is 5.69 Å². The van der Waals surface area contributed by atoms with Gasteiger partial charge in [-0.25, -0.2) is 4.68 Å². The van der Waals surface area contributed by atoms with Crippen molar-refractivity contribution >= 4 is 28.4 Å². The van der Waals surface area contributed by atoms with E-state index >= 15 is 0 Å². The zero-order chi connectivity index (χ0) is 11.0. The van der Waals surface area contributed by atoms with E-state index in [1.165, 1.54) is 11.1 Å². The van der Waals surface area contributed by atoms with E-state index < -0.39 is 0 Å². The number of halogens is 1. The molecule has 2 N–H and O–H groups in total. The summed E-state index contributed by atoms with van der Waals surface area (Å²) in [7, 11) is 0. The Morgan fingerprint density at radius 1 is 1.20 bits per heavy atom. The van der Waals surface area contributed by atoms with Gasteiger partial charge in [0, 0.05) is 0 Å². The summed E-state index contributed by atoms with van der Waals surface area (Å²) in [5.74, 6) is 0.695. The van der Waals surface area contributed by atoms with Crippen LogP contribution in [0.4, 0.5) is 5.82 Å². The molecule has 0 aliphatic rings. The van der Waals surface area contributed by atoms with Crippen molar-refractivity contribution < 1.29 is 0 Å². The predicted molar refractivity (Wildman–Crippen MR) is 70.2 cm³/mol. The lowest BCUT2D eigenvalue weighted by Crippen LogP contribution is -2.02. The number of nitrogens with two attached hydrogens (primary N) is 1. The summed E-state index contributed by atoms with van der Waals surface area (Å²) in [6, 6.07) is 6.28. The summed E-state index contributed by atoms with van der Waals surface area (Å²) in [5.41, 5.74) is 9.38. The van der Waals surface area contributed by atoms with Crippen molar-refractivity contribution in [1.82, 2.24) is 9.78 Å². The molecule has 2 rings (SSSR count). The second kappa shape index (κ2) is 3.84. The van der Waals surface area contributed by atoms with Crippen molar-refractivity contribution in [2.24, 2.45) is 0 Å². The first-order valence-corrected chi connectivity index (χ1v) is 5.73. The van der Waals surface area contributed by atoms with E-state index in [4.69, 9.17) is 5.73 Å². The number of hydrogen-bond donors (Lipinski definition) is 1. The number of rotatable bonds is 1. The standard InChI is InChI=1S/C11H12IN3/c1-7-3-8(2)5-9(4-7)15-11(13)10(12)6-14-15/h3-6H,13H2,1-2H3. The maximum absolute atomic E-state index is 5.93. The van der Waals surface area contributed by atoms with Crippen LogP contribution >= 0.6 is 22.6 Å². The number of hydrogen-bond acceptors (Lipinski definition) is 2. The van der Waals surface area contributed by atoms with Gasteiger partial charge in [-0.15, -0.1) is 0 Å². The minimum absolute atomic E-state index is 0.695. The highest BCUT2D eigenvalue weighted by Crippen LogP contribution is 2.20. The first-order chi connectivity index (χ1) is 7.08. The average Bonchev–Trinajstić information content (AvgIpc) is 2.46. The van der Waals surface area contributed by atoms with Crippen LogP contribution in [-0.2, 0) is 0 Å². The van der Waals surface area contributed by atoms with Gasteiger partial charge >= 0.3 is 0 Å². The number of aromatic nitrogens is 2. The topological polar surface area (TPSA) is 43.8 Å². The van der Waals surface area contributed by atoms with Crippen molar-refractivity contribution in [2.45, 2.75) is 13.8 Å². The fourth-order valence-corrected chi connectivity index (χ4v) is 1.97. The van der Waals surface area contributed by atoms with E-state index in [-0.39, 0.29) is 0 Å². The Labute approximate surface area is 102 Å². The third kappa shape index (κ3) is 1.99. The summed E-state index contributed by atoms with van der Waals surface area (Å²) in [6.45, 7) is 4.14. The normalized spacial score (nSPS) is 10.6. The summed E-state index contributed by atoms with van der Waals surface area (Å²) in [4.78, 5) is 0. The number of benzene rings is 1. The fourth-order valence-electron chi connectivity index (χ4n) is 1.62. The smallest absolute Gasteiger partial charge is 0.140 e. The van der Waals surface area contributed by atoms with Crippen LogP contribution in [-0.4, -0.2) is 9.78 Å². The number of anilines is 1. The lowest BCUT2D eigenvalue weighted by molar-refractivity contribution is 0.888. The first-order valence-electron chi connectivity index (χ1n) is 4.65. The molecule has 0 spiro atoms. The highest BCUT2D eigenvalue weighted by molar-refractivity contribution is 14.1. The van der Waals surface area contributed by atoms with E-state index in [0.717, 1.165) is 9.26 Å².